The Morgan fingerprint density at radius 3 is 1.29 bits per heavy atom. The van der Waals surface area contributed by atoms with Gasteiger partial charge in [0.15, 0.2) is 0 Å². The summed E-state index contributed by atoms with van der Waals surface area (Å²) in [5.41, 5.74) is 1.43. The summed E-state index contributed by atoms with van der Waals surface area (Å²) >= 11 is 0. The molecule has 3 rings (SSSR count). The van der Waals surface area contributed by atoms with Gasteiger partial charge < -0.3 is 19.7 Å². The highest BCUT2D eigenvalue weighted by atomic mass is 16.5. The van der Waals surface area contributed by atoms with Crippen LogP contribution in [0.15, 0.2) is 48.5 Å². The molecule has 6 nitrogen and oxygen atoms in total. The van der Waals surface area contributed by atoms with E-state index in [-0.39, 0.29) is 0 Å². The molecule has 1 fully saturated rings. The van der Waals surface area contributed by atoms with Crippen molar-refractivity contribution >= 4 is 11.9 Å². The van der Waals surface area contributed by atoms with Crippen LogP contribution in [0, 0.1) is 11.8 Å². The molecule has 1 aliphatic carbocycles. The quantitative estimate of drug-likeness (QED) is 0.325. The summed E-state index contributed by atoms with van der Waals surface area (Å²) in [5, 5.41) is 20.0. The Bertz CT molecular complexity index is 835. The van der Waals surface area contributed by atoms with Crippen molar-refractivity contribution in [2.75, 3.05) is 13.2 Å². The van der Waals surface area contributed by atoms with E-state index >= 15 is 0 Å². The number of hydrogen-bond acceptors (Lipinski definition) is 4. The molecule has 0 atom stereocenters. The first-order valence-corrected chi connectivity index (χ1v) is 12.4. The van der Waals surface area contributed by atoms with E-state index in [1.807, 2.05) is 0 Å². The molecule has 1 aliphatic rings. The van der Waals surface area contributed by atoms with Crippen LogP contribution < -0.4 is 9.47 Å². The summed E-state index contributed by atoms with van der Waals surface area (Å²) < 4.78 is 11.5. The third kappa shape index (κ3) is 6.10. The maximum atomic E-state index is 12.2. The van der Waals surface area contributed by atoms with Crippen LogP contribution in [-0.2, 0) is 9.59 Å². The molecule has 0 saturated heterocycles. The van der Waals surface area contributed by atoms with Gasteiger partial charge in [-0.25, -0.2) is 0 Å². The molecule has 184 valence electrons. The molecule has 0 radical (unpaired) electrons. The molecule has 0 aliphatic heterocycles. The average molecular weight is 469 g/mol. The minimum absolute atomic E-state index is 0.598. The van der Waals surface area contributed by atoms with Crippen molar-refractivity contribution in [3.05, 3.63) is 59.7 Å². The molecule has 2 N–H and O–H groups in total. The van der Waals surface area contributed by atoms with Crippen LogP contribution in [-0.4, -0.2) is 35.4 Å². The first-order chi connectivity index (χ1) is 16.5. The van der Waals surface area contributed by atoms with Gasteiger partial charge in [0, 0.05) is 11.8 Å². The lowest BCUT2D eigenvalue weighted by molar-refractivity contribution is -0.159. The largest absolute Gasteiger partial charge is 0.494 e. The van der Waals surface area contributed by atoms with Crippen LogP contribution in [0.2, 0.25) is 0 Å². The van der Waals surface area contributed by atoms with E-state index in [4.69, 9.17) is 9.47 Å². The van der Waals surface area contributed by atoms with Crippen molar-refractivity contribution in [2.45, 2.75) is 64.2 Å². The third-order valence-corrected chi connectivity index (χ3v) is 6.68. The van der Waals surface area contributed by atoms with Crippen LogP contribution in [0.5, 0.6) is 11.5 Å². The molecule has 1 saturated carbocycles. The highest BCUT2D eigenvalue weighted by molar-refractivity contribution is 5.83. The van der Waals surface area contributed by atoms with Crippen LogP contribution in [0.25, 0.3) is 0 Å². The molecular weight excluding hydrogens is 432 g/mol. The number of carboxylic acid groups (broad SMARTS) is 2. The van der Waals surface area contributed by atoms with Gasteiger partial charge in [0.1, 0.15) is 11.5 Å². The molecule has 0 amide bonds. The van der Waals surface area contributed by atoms with Gasteiger partial charge in [-0.2, -0.15) is 0 Å². The molecular formula is C28H36O6. The predicted octanol–water partition coefficient (Wildman–Crippen LogP) is 6.11. The Morgan fingerprint density at radius 1 is 0.647 bits per heavy atom. The lowest BCUT2D eigenvalue weighted by Gasteiger charge is -2.48. The Hall–Kier alpha value is -3.02. The summed E-state index contributed by atoms with van der Waals surface area (Å²) in [6.07, 6.45) is 6.41. The van der Waals surface area contributed by atoms with E-state index in [1.165, 1.54) is 0 Å². The number of unbranched alkanes of at least 4 members (excludes halogenated alkanes) is 4. The van der Waals surface area contributed by atoms with Crippen molar-refractivity contribution in [1.29, 1.82) is 0 Å². The number of hydrogen-bond donors (Lipinski definition) is 2. The SMILES string of the molecule is CCCCCOc1ccc(C2C(C(=O)O)C(c3ccc(OCCCCC)cc3)C2C(=O)O)cc1. The number of rotatable bonds is 14. The minimum Gasteiger partial charge on any atom is -0.494 e. The van der Waals surface area contributed by atoms with E-state index in [0.717, 1.165) is 38.5 Å². The molecule has 2 aromatic rings. The Morgan fingerprint density at radius 2 is 1.00 bits per heavy atom. The van der Waals surface area contributed by atoms with Crippen molar-refractivity contribution in [1.82, 2.24) is 0 Å². The van der Waals surface area contributed by atoms with Gasteiger partial charge in [-0.15, -0.1) is 0 Å². The molecule has 0 bridgehead atoms. The first kappa shape index (κ1) is 25.6. The first-order valence-electron chi connectivity index (χ1n) is 12.4. The van der Waals surface area contributed by atoms with Gasteiger partial charge >= 0.3 is 11.9 Å². The summed E-state index contributed by atoms with van der Waals surface area (Å²) in [5.74, 6) is -3.35. The fraction of sp³-hybridized carbons (Fsp3) is 0.500. The van der Waals surface area contributed by atoms with E-state index in [0.29, 0.717) is 35.8 Å². The van der Waals surface area contributed by atoms with E-state index < -0.39 is 35.6 Å². The molecule has 0 heterocycles. The van der Waals surface area contributed by atoms with Gasteiger partial charge in [0.25, 0.3) is 0 Å². The van der Waals surface area contributed by atoms with E-state index in [1.54, 1.807) is 48.5 Å². The molecule has 6 heteroatoms. The van der Waals surface area contributed by atoms with Crippen molar-refractivity contribution in [3.8, 4) is 11.5 Å². The van der Waals surface area contributed by atoms with Gasteiger partial charge in [0.05, 0.1) is 25.0 Å². The second kappa shape index (κ2) is 12.4. The van der Waals surface area contributed by atoms with Gasteiger partial charge in [-0.05, 0) is 48.2 Å². The fourth-order valence-corrected chi connectivity index (χ4v) is 4.85. The fourth-order valence-electron chi connectivity index (χ4n) is 4.85. The summed E-state index contributed by atoms with van der Waals surface area (Å²) in [6.45, 7) is 5.53. The molecule has 0 spiro atoms. The van der Waals surface area contributed by atoms with Gasteiger partial charge in [-0.1, -0.05) is 63.8 Å². The highest BCUT2D eigenvalue weighted by Gasteiger charge is 2.58. The maximum absolute atomic E-state index is 12.2. The number of ether oxygens (including phenoxy) is 2. The zero-order valence-electron chi connectivity index (χ0n) is 20.1. The van der Waals surface area contributed by atoms with E-state index in [9.17, 15) is 19.8 Å². The zero-order chi connectivity index (χ0) is 24.5. The van der Waals surface area contributed by atoms with Crippen LogP contribution in [0.1, 0.15) is 75.3 Å². The number of aliphatic carboxylic acids is 2. The Labute approximate surface area is 201 Å². The Balaban J connectivity index is 1.74. The second-order valence-electron chi connectivity index (χ2n) is 9.03. The monoisotopic (exact) mass is 468 g/mol. The zero-order valence-corrected chi connectivity index (χ0v) is 20.1. The summed E-state index contributed by atoms with van der Waals surface area (Å²) in [6, 6.07) is 14.4. The van der Waals surface area contributed by atoms with E-state index in [2.05, 4.69) is 13.8 Å². The summed E-state index contributed by atoms with van der Waals surface area (Å²) in [4.78, 5) is 24.4. The topological polar surface area (TPSA) is 93.1 Å². The lowest BCUT2D eigenvalue weighted by Crippen LogP contribution is -2.50. The van der Waals surface area contributed by atoms with Crippen LogP contribution in [0.3, 0.4) is 0 Å². The maximum Gasteiger partial charge on any atom is 0.307 e. The average Bonchev–Trinajstić information content (AvgIpc) is 2.80. The van der Waals surface area contributed by atoms with Crippen LogP contribution in [0.4, 0.5) is 0 Å². The normalized spacial score (nSPS) is 21.5. The number of benzene rings is 2. The smallest absolute Gasteiger partial charge is 0.307 e. The molecule has 0 aromatic heterocycles. The standard InChI is InChI=1S/C28H36O6/c1-3-5-7-17-33-21-13-9-19(10-14-21)23-25(27(29)30)24(26(23)28(31)32)20-11-15-22(16-12-20)34-18-8-6-4-2/h9-16,23-26H,3-8,17-18H2,1-2H3,(H,29,30)(H,31,32). The molecule has 0 unspecified atom stereocenters. The predicted molar refractivity (Wildman–Crippen MR) is 131 cm³/mol. The van der Waals surface area contributed by atoms with Gasteiger partial charge in [-0.3, -0.25) is 9.59 Å². The highest BCUT2D eigenvalue weighted by Crippen LogP contribution is 2.57. The molecule has 2 aromatic carbocycles. The van der Waals surface area contributed by atoms with Crippen LogP contribution >= 0.6 is 0 Å². The van der Waals surface area contributed by atoms with Crippen molar-refractivity contribution < 1.29 is 29.3 Å². The minimum atomic E-state index is -0.979. The van der Waals surface area contributed by atoms with Crippen molar-refractivity contribution in [2.24, 2.45) is 11.8 Å². The third-order valence-electron chi connectivity index (χ3n) is 6.68. The number of carboxylic acids is 2. The second-order valence-corrected chi connectivity index (χ2v) is 9.03. The Kier molecular flexibility index (Phi) is 9.37. The van der Waals surface area contributed by atoms with Gasteiger partial charge in [0.2, 0.25) is 0 Å². The summed E-state index contributed by atoms with van der Waals surface area (Å²) in [7, 11) is 0. The lowest BCUT2D eigenvalue weighted by atomic mass is 9.52. The number of carbonyl (C=O) groups is 2. The molecule has 34 heavy (non-hydrogen) atoms. The van der Waals surface area contributed by atoms with Crippen molar-refractivity contribution in [3.63, 3.8) is 0 Å².